The Bertz CT molecular complexity index is 847. The van der Waals surface area contributed by atoms with Gasteiger partial charge >= 0.3 is 0 Å². The Balaban J connectivity index is 1.72. The Morgan fingerprint density at radius 1 is 1.11 bits per heavy atom. The second kappa shape index (κ2) is 9.40. The topological polar surface area (TPSA) is 71.3 Å². The number of furan rings is 1. The Morgan fingerprint density at radius 3 is 2.57 bits per heavy atom. The minimum Gasteiger partial charge on any atom is -0.465 e. The van der Waals surface area contributed by atoms with Crippen LogP contribution >= 0.6 is 0 Å². The smallest absolute Gasteiger partial charge is 0.267 e. The van der Waals surface area contributed by atoms with Crippen molar-refractivity contribution < 1.29 is 14.0 Å². The van der Waals surface area contributed by atoms with E-state index >= 15 is 0 Å². The van der Waals surface area contributed by atoms with Gasteiger partial charge in [-0.05, 0) is 68.0 Å². The Kier molecular flexibility index (Phi) is 6.69. The second-order valence-electron chi connectivity index (χ2n) is 7.54. The van der Waals surface area contributed by atoms with Gasteiger partial charge < -0.3 is 15.1 Å². The molecular weight excluding hydrogens is 352 g/mol. The van der Waals surface area contributed by atoms with Crippen molar-refractivity contribution >= 4 is 17.9 Å². The van der Waals surface area contributed by atoms with Crippen molar-refractivity contribution in [3.63, 3.8) is 0 Å². The molecule has 148 valence electrons. The number of hydrogen-bond donors (Lipinski definition) is 2. The molecule has 0 spiro atoms. The monoisotopic (exact) mass is 380 g/mol. The minimum atomic E-state index is -0.311. The first kappa shape index (κ1) is 19.9. The number of rotatable bonds is 6. The van der Waals surface area contributed by atoms with Crippen LogP contribution in [0, 0.1) is 19.8 Å². The maximum Gasteiger partial charge on any atom is 0.267 e. The number of carbonyl (C=O) groups excluding carboxylic acids is 2. The van der Waals surface area contributed by atoms with E-state index in [9.17, 15) is 9.59 Å². The van der Waals surface area contributed by atoms with E-state index in [2.05, 4.69) is 10.6 Å². The van der Waals surface area contributed by atoms with E-state index < -0.39 is 0 Å². The fraction of sp³-hybridized carbons (Fsp3) is 0.391. The van der Waals surface area contributed by atoms with E-state index in [1.165, 1.54) is 25.5 Å². The molecule has 2 N–H and O–H groups in total. The van der Waals surface area contributed by atoms with Crippen molar-refractivity contribution in [2.75, 3.05) is 6.54 Å². The molecule has 0 radical (unpaired) electrons. The summed E-state index contributed by atoms with van der Waals surface area (Å²) in [6.45, 7) is 4.59. The van der Waals surface area contributed by atoms with E-state index in [-0.39, 0.29) is 17.5 Å². The Hall–Kier alpha value is -2.82. The molecular formula is C23H28N2O3. The highest BCUT2D eigenvalue weighted by atomic mass is 16.3. The number of nitrogens with one attached hydrogen (secondary N) is 2. The Morgan fingerprint density at radius 2 is 1.89 bits per heavy atom. The summed E-state index contributed by atoms with van der Waals surface area (Å²) >= 11 is 0. The van der Waals surface area contributed by atoms with Crippen LogP contribution in [0.2, 0.25) is 0 Å². The van der Waals surface area contributed by atoms with Crippen LogP contribution in [0.1, 0.15) is 59.3 Å². The molecule has 1 saturated carbocycles. The summed E-state index contributed by atoms with van der Waals surface area (Å²) in [5.74, 6) is 0.425. The van der Waals surface area contributed by atoms with Crippen LogP contribution in [0.4, 0.5) is 0 Å². The van der Waals surface area contributed by atoms with Gasteiger partial charge in [-0.2, -0.15) is 0 Å². The average molecular weight is 380 g/mol. The highest BCUT2D eigenvalue weighted by Gasteiger charge is 2.18. The zero-order valence-corrected chi connectivity index (χ0v) is 16.6. The molecule has 0 saturated heterocycles. The quantitative estimate of drug-likeness (QED) is 0.731. The van der Waals surface area contributed by atoms with Crippen molar-refractivity contribution in [3.05, 3.63) is 64.7 Å². The SMILES string of the molecule is Cc1ccc(C(=O)N/C(=C\c2ccco2)C(=O)NCC2CCCCC2)cc1C. The van der Waals surface area contributed by atoms with Crippen LogP contribution in [0.5, 0.6) is 0 Å². The molecule has 0 unspecified atom stereocenters. The molecule has 1 aromatic carbocycles. The molecule has 28 heavy (non-hydrogen) atoms. The van der Waals surface area contributed by atoms with Crippen LogP contribution in [-0.2, 0) is 4.79 Å². The molecule has 2 aromatic rings. The Labute approximate surface area is 166 Å². The molecule has 0 bridgehead atoms. The zero-order valence-electron chi connectivity index (χ0n) is 16.6. The van der Waals surface area contributed by atoms with E-state index in [4.69, 9.17) is 4.42 Å². The third-order valence-electron chi connectivity index (χ3n) is 5.37. The largest absolute Gasteiger partial charge is 0.465 e. The molecule has 0 atom stereocenters. The van der Waals surface area contributed by atoms with Crippen LogP contribution in [0.3, 0.4) is 0 Å². The molecule has 0 aliphatic heterocycles. The van der Waals surface area contributed by atoms with Gasteiger partial charge in [0.05, 0.1) is 6.26 Å². The highest BCUT2D eigenvalue weighted by Crippen LogP contribution is 2.22. The van der Waals surface area contributed by atoms with E-state index in [1.54, 1.807) is 24.3 Å². The van der Waals surface area contributed by atoms with E-state index in [0.717, 1.165) is 24.0 Å². The maximum absolute atomic E-state index is 12.8. The van der Waals surface area contributed by atoms with E-state index in [0.29, 0.717) is 23.8 Å². The predicted molar refractivity (Wildman–Crippen MR) is 110 cm³/mol. The first-order chi connectivity index (χ1) is 13.5. The molecule has 5 nitrogen and oxygen atoms in total. The van der Waals surface area contributed by atoms with Gasteiger partial charge in [-0.3, -0.25) is 9.59 Å². The summed E-state index contributed by atoms with van der Waals surface area (Å²) in [6, 6.07) is 8.99. The summed E-state index contributed by atoms with van der Waals surface area (Å²) in [7, 11) is 0. The van der Waals surface area contributed by atoms with Crippen molar-refractivity contribution in [3.8, 4) is 0 Å². The van der Waals surface area contributed by atoms with E-state index in [1.807, 2.05) is 26.0 Å². The predicted octanol–water partition coefficient (Wildman–Crippen LogP) is 4.36. The first-order valence-corrected chi connectivity index (χ1v) is 9.95. The maximum atomic E-state index is 12.8. The van der Waals surface area contributed by atoms with Gasteiger partial charge in [-0.1, -0.05) is 25.3 Å². The molecule has 1 heterocycles. The van der Waals surface area contributed by atoms with Crippen LogP contribution in [0.25, 0.3) is 6.08 Å². The zero-order chi connectivity index (χ0) is 19.9. The van der Waals surface area contributed by atoms with Gasteiger partial charge in [-0.15, -0.1) is 0 Å². The van der Waals surface area contributed by atoms with Gasteiger partial charge in [0.2, 0.25) is 0 Å². The van der Waals surface area contributed by atoms with Crippen molar-refractivity contribution in [2.24, 2.45) is 5.92 Å². The summed E-state index contributed by atoms with van der Waals surface area (Å²) in [4.78, 5) is 25.5. The van der Waals surface area contributed by atoms with Crippen molar-refractivity contribution in [1.82, 2.24) is 10.6 Å². The van der Waals surface area contributed by atoms with Gasteiger partial charge in [0.1, 0.15) is 11.5 Å². The highest BCUT2D eigenvalue weighted by molar-refractivity contribution is 6.05. The second-order valence-corrected chi connectivity index (χ2v) is 7.54. The van der Waals surface area contributed by atoms with Crippen molar-refractivity contribution in [2.45, 2.75) is 46.0 Å². The first-order valence-electron chi connectivity index (χ1n) is 9.95. The molecule has 1 aliphatic rings. The molecule has 3 rings (SSSR count). The van der Waals surface area contributed by atoms with Gasteiger partial charge in [0.25, 0.3) is 11.8 Å². The van der Waals surface area contributed by atoms with Crippen molar-refractivity contribution in [1.29, 1.82) is 0 Å². The van der Waals surface area contributed by atoms with Gasteiger partial charge in [0, 0.05) is 18.2 Å². The number of aryl methyl sites for hydroxylation is 2. The normalized spacial score (nSPS) is 15.3. The molecule has 1 fully saturated rings. The summed E-state index contributed by atoms with van der Waals surface area (Å²) in [5.41, 5.74) is 2.86. The lowest BCUT2D eigenvalue weighted by Crippen LogP contribution is -2.37. The molecule has 5 heteroatoms. The lowest BCUT2D eigenvalue weighted by molar-refractivity contribution is -0.118. The number of amides is 2. The third-order valence-corrected chi connectivity index (χ3v) is 5.37. The molecule has 1 aliphatic carbocycles. The average Bonchev–Trinajstić information content (AvgIpc) is 3.21. The summed E-state index contributed by atoms with van der Waals surface area (Å²) in [5, 5.41) is 5.73. The van der Waals surface area contributed by atoms with Gasteiger partial charge in [-0.25, -0.2) is 0 Å². The third kappa shape index (κ3) is 5.35. The molecule has 1 aromatic heterocycles. The van der Waals surface area contributed by atoms with Gasteiger partial charge in [0.15, 0.2) is 0 Å². The lowest BCUT2D eigenvalue weighted by atomic mass is 9.89. The fourth-order valence-corrected chi connectivity index (χ4v) is 3.47. The van der Waals surface area contributed by atoms with Crippen LogP contribution < -0.4 is 10.6 Å². The summed E-state index contributed by atoms with van der Waals surface area (Å²) in [6.07, 6.45) is 9.11. The fourth-order valence-electron chi connectivity index (χ4n) is 3.47. The minimum absolute atomic E-state index is 0.189. The summed E-state index contributed by atoms with van der Waals surface area (Å²) < 4.78 is 5.32. The number of benzene rings is 1. The van der Waals surface area contributed by atoms with Crippen LogP contribution in [-0.4, -0.2) is 18.4 Å². The number of carbonyl (C=O) groups is 2. The molecule has 2 amide bonds. The lowest BCUT2D eigenvalue weighted by Gasteiger charge is -2.22. The number of hydrogen-bond acceptors (Lipinski definition) is 3. The standard InChI is InChI=1S/C23H28N2O3/c1-16-10-11-19(13-17(16)2)22(26)25-21(14-20-9-6-12-28-20)23(27)24-15-18-7-4-3-5-8-18/h6,9-14,18H,3-5,7-8,15H2,1-2H3,(H,24,27)(H,25,26)/b21-14-. The van der Waals surface area contributed by atoms with Crippen LogP contribution in [0.15, 0.2) is 46.7 Å².